The van der Waals surface area contributed by atoms with Gasteiger partial charge in [0.25, 0.3) is 0 Å². The van der Waals surface area contributed by atoms with Gasteiger partial charge in [-0.05, 0) is 42.8 Å². The number of hydrogen-bond donors (Lipinski definition) is 1. The molecular formula is C13H10Cl3N. The SMILES string of the molecule is Cc1ccc(Cl)c(Nc2ccc(Cl)cc2)c1Cl. The van der Waals surface area contributed by atoms with E-state index in [-0.39, 0.29) is 0 Å². The quantitative estimate of drug-likeness (QED) is 0.747. The first kappa shape index (κ1) is 12.6. The molecule has 0 spiro atoms. The van der Waals surface area contributed by atoms with E-state index in [0.717, 1.165) is 16.9 Å². The molecule has 0 saturated carbocycles. The molecule has 0 saturated heterocycles. The Hall–Kier alpha value is -0.890. The molecule has 0 aliphatic rings. The van der Waals surface area contributed by atoms with Crippen molar-refractivity contribution in [2.75, 3.05) is 5.32 Å². The van der Waals surface area contributed by atoms with Gasteiger partial charge in [0.1, 0.15) is 0 Å². The summed E-state index contributed by atoms with van der Waals surface area (Å²) in [5, 5.41) is 5.10. The summed E-state index contributed by atoms with van der Waals surface area (Å²) in [6, 6.07) is 11.1. The lowest BCUT2D eigenvalue weighted by Gasteiger charge is -2.12. The van der Waals surface area contributed by atoms with Crippen LogP contribution in [0, 0.1) is 6.92 Å². The second-order valence-corrected chi connectivity index (χ2v) is 4.91. The third-order valence-corrected chi connectivity index (χ3v) is 3.45. The van der Waals surface area contributed by atoms with E-state index in [9.17, 15) is 0 Å². The number of benzene rings is 2. The van der Waals surface area contributed by atoms with Crippen LogP contribution in [0.15, 0.2) is 36.4 Å². The van der Waals surface area contributed by atoms with Crippen molar-refractivity contribution in [1.82, 2.24) is 0 Å². The van der Waals surface area contributed by atoms with Gasteiger partial charge in [-0.3, -0.25) is 0 Å². The van der Waals surface area contributed by atoms with E-state index >= 15 is 0 Å². The molecule has 0 unspecified atom stereocenters. The number of aryl methyl sites for hydroxylation is 1. The van der Waals surface area contributed by atoms with Gasteiger partial charge >= 0.3 is 0 Å². The van der Waals surface area contributed by atoms with Crippen molar-refractivity contribution in [3.63, 3.8) is 0 Å². The van der Waals surface area contributed by atoms with E-state index in [1.54, 1.807) is 0 Å². The van der Waals surface area contributed by atoms with E-state index in [1.165, 1.54) is 0 Å². The van der Waals surface area contributed by atoms with Crippen LogP contribution >= 0.6 is 34.8 Å². The summed E-state index contributed by atoms with van der Waals surface area (Å²) in [5.41, 5.74) is 2.59. The first-order valence-electron chi connectivity index (χ1n) is 5.05. The van der Waals surface area contributed by atoms with E-state index in [4.69, 9.17) is 34.8 Å². The van der Waals surface area contributed by atoms with Crippen LogP contribution in [0.25, 0.3) is 0 Å². The molecule has 1 nitrogen and oxygen atoms in total. The van der Waals surface area contributed by atoms with E-state index in [2.05, 4.69) is 5.32 Å². The maximum Gasteiger partial charge on any atom is 0.0765 e. The number of hydrogen-bond acceptors (Lipinski definition) is 1. The molecular weight excluding hydrogens is 277 g/mol. The fourth-order valence-corrected chi connectivity index (χ4v) is 2.04. The van der Waals surface area contributed by atoms with Crippen molar-refractivity contribution in [3.8, 4) is 0 Å². The van der Waals surface area contributed by atoms with Gasteiger partial charge in [-0.2, -0.15) is 0 Å². The van der Waals surface area contributed by atoms with Crippen LogP contribution in [0.5, 0.6) is 0 Å². The van der Waals surface area contributed by atoms with Gasteiger partial charge in [0, 0.05) is 10.7 Å². The van der Waals surface area contributed by atoms with Crippen LogP contribution in [0.1, 0.15) is 5.56 Å². The van der Waals surface area contributed by atoms with Crippen LogP contribution in [0.4, 0.5) is 11.4 Å². The Morgan fingerprint density at radius 2 is 1.53 bits per heavy atom. The van der Waals surface area contributed by atoms with Crippen molar-refractivity contribution in [2.45, 2.75) is 6.92 Å². The minimum Gasteiger partial charge on any atom is -0.353 e. The largest absolute Gasteiger partial charge is 0.353 e. The highest BCUT2D eigenvalue weighted by Crippen LogP contribution is 2.35. The molecule has 0 aromatic heterocycles. The van der Waals surface area contributed by atoms with Gasteiger partial charge in [0.2, 0.25) is 0 Å². The summed E-state index contributed by atoms with van der Waals surface area (Å²) in [7, 11) is 0. The standard InChI is InChI=1S/C13H10Cl3N/c1-8-2-7-11(15)13(12(8)16)17-10-5-3-9(14)4-6-10/h2-7,17H,1H3. The fourth-order valence-electron chi connectivity index (χ4n) is 1.45. The molecule has 0 heterocycles. The third-order valence-electron chi connectivity index (χ3n) is 2.40. The van der Waals surface area contributed by atoms with Gasteiger partial charge in [-0.1, -0.05) is 40.9 Å². The van der Waals surface area contributed by atoms with Gasteiger partial charge in [0.15, 0.2) is 0 Å². The second-order valence-electron chi connectivity index (χ2n) is 3.69. The van der Waals surface area contributed by atoms with Crippen LogP contribution < -0.4 is 5.32 Å². The highest BCUT2D eigenvalue weighted by molar-refractivity contribution is 6.39. The lowest BCUT2D eigenvalue weighted by atomic mass is 10.2. The Morgan fingerprint density at radius 3 is 2.18 bits per heavy atom. The van der Waals surface area contributed by atoms with Crippen LogP contribution in [0.3, 0.4) is 0 Å². The van der Waals surface area contributed by atoms with E-state index < -0.39 is 0 Å². The first-order chi connectivity index (χ1) is 8.08. The van der Waals surface area contributed by atoms with E-state index in [1.807, 2.05) is 43.3 Å². The molecule has 4 heteroatoms. The minimum atomic E-state index is 0.593. The predicted molar refractivity (Wildman–Crippen MR) is 75.9 cm³/mol. The highest BCUT2D eigenvalue weighted by atomic mass is 35.5. The zero-order chi connectivity index (χ0) is 12.4. The molecule has 0 amide bonds. The first-order valence-corrected chi connectivity index (χ1v) is 6.18. The molecule has 2 aromatic rings. The van der Waals surface area contributed by atoms with E-state index in [0.29, 0.717) is 15.1 Å². The maximum absolute atomic E-state index is 6.21. The number of halogens is 3. The molecule has 0 radical (unpaired) electrons. The summed E-state index contributed by atoms with van der Waals surface area (Å²) in [6.07, 6.45) is 0. The predicted octanol–water partition coefficient (Wildman–Crippen LogP) is 5.70. The highest BCUT2D eigenvalue weighted by Gasteiger charge is 2.08. The van der Waals surface area contributed by atoms with Crippen molar-refractivity contribution in [1.29, 1.82) is 0 Å². The van der Waals surface area contributed by atoms with Crippen molar-refractivity contribution in [2.24, 2.45) is 0 Å². The molecule has 0 aliphatic carbocycles. The molecule has 0 fully saturated rings. The summed E-state index contributed by atoms with van der Waals surface area (Å²) >= 11 is 18.1. The van der Waals surface area contributed by atoms with Gasteiger partial charge in [-0.15, -0.1) is 0 Å². The topological polar surface area (TPSA) is 12.0 Å². The van der Waals surface area contributed by atoms with Crippen molar-refractivity contribution >= 4 is 46.2 Å². The lowest BCUT2D eigenvalue weighted by molar-refractivity contribution is 1.45. The van der Waals surface area contributed by atoms with Gasteiger partial charge in [-0.25, -0.2) is 0 Å². The number of rotatable bonds is 2. The zero-order valence-electron chi connectivity index (χ0n) is 9.10. The van der Waals surface area contributed by atoms with Crippen molar-refractivity contribution < 1.29 is 0 Å². The third kappa shape index (κ3) is 2.86. The molecule has 2 aromatic carbocycles. The molecule has 2 rings (SSSR count). The average Bonchev–Trinajstić information content (AvgIpc) is 2.32. The Balaban J connectivity index is 2.36. The monoisotopic (exact) mass is 285 g/mol. The summed E-state index contributed by atoms with van der Waals surface area (Å²) in [4.78, 5) is 0. The Labute approximate surface area is 115 Å². The number of nitrogens with one attached hydrogen (secondary N) is 1. The van der Waals surface area contributed by atoms with Crippen molar-refractivity contribution in [3.05, 3.63) is 57.0 Å². The summed E-state index contributed by atoms with van der Waals surface area (Å²) in [5.74, 6) is 0. The zero-order valence-corrected chi connectivity index (χ0v) is 11.4. The second kappa shape index (κ2) is 5.18. The molecule has 17 heavy (non-hydrogen) atoms. The summed E-state index contributed by atoms with van der Waals surface area (Å²) < 4.78 is 0. The van der Waals surface area contributed by atoms with Gasteiger partial charge < -0.3 is 5.32 Å². The smallest absolute Gasteiger partial charge is 0.0765 e. The molecule has 88 valence electrons. The minimum absolute atomic E-state index is 0.593. The van der Waals surface area contributed by atoms with Crippen LogP contribution in [0.2, 0.25) is 15.1 Å². The molecule has 0 aliphatic heterocycles. The normalized spacial score (nSPS) is 10.4. The molecule has 0 bridgehead atoms. The lowest BCUT2D eigenvalue weighted by Crippen LogP contribution is -1.93. The fraction of sp³-hybridized carbons (Fsp3) is 0.0769. The Bertz CT molecular complexity index is 535. The Kier molecular flexibility index (Phi) is 3.82. The van der Waals surface area contributed by atoms with Gasteiger partial charge in [0.05, 0.1) is 15.7 Å². The maximum atomic E-state index is 6.21. The Morgan fingerprint density at radius 1 is 0.882 bits per heavy atom. The average molecular weight is 287 g/mol. The summed E-state index contributed by atoms with van der Waals surface area (Å²) in [6.45, 7) is 1.94. The number of anilines is 2. The molecule has 1 N–H and O–H groups in total. The van der Waals surface area contributed by atoms with Crippen LogP contribution in [-0.4, -0.2) is 0 Å². The van der Waals surface area contributed by atoms with Crippen LogP contribution in [-0.2, 0) is 0 Å². The molecule has 0 atom stereocenters.